The third kappa shape index (κ3) is 6.77. The van der Waals surface area contributed by atoms with E-state index in [1.165, 1.54) is 26.4 Å². The summed E-state index contributed by atoms with van der Waals surface area (Å²) in [5.74, 6) is 0.114. The predicted molar refractivity (Wildman–Crippen MR) is 104 cm³/mol. The van der Waals surface area contributed by atoms with Gasteiger partial charge >= 0.3 is 12.1 Å². The van der Waals surface area contributed by atoms with E-state index in [-0.39, 0.29) is 5.97 Å². The molecule has 0 aliphatic carbocycles. The Hall–Kier alpha value is -2.82. The molecule has 2 aromatic rings. The van der Waals surface area contributed by atoms with Crippen molar-refractivity contribution in [3.8, 4) is 16.9 Å². The lowest BCUT2D eigenvalue weighted by Gasteiger charge is -2.07. The van der Waals surface area contributed by atoms with E-state index in [2.05, 4.69) is 11.7 Å². The monoisotopic (exact) mass is 370 g/mol. The van der Waals surface area contributed by atoms with E-state index in [1.807, 2.05) is 24.3 Å². The van der Waals surface area contributed by atoms with E-state index in [0.29, 0.717) is 17.9 Å². The summed E-state index contributed by atoms with van der Waals surface area (Å²) >= 11 is 0. The fraction of sp³-hybridized carbons (Fsp3) is 0.364. The van der Waals surface area contributed by atoms with Crippen molar-refractivity contribution in [2.45, 2.75) is 39.0 Å². The summed E-state index contributed by atoms with van der Waals surface area (Å²) in [5, 5.41) is 0. The average molecular weight is 370 g/mol. The normalized spacial score (nSPS) is 10.3. The molecule has 0 unspecified atom stereocenters. The molecule has 0 saturated heterocycles. The number of benzene rings is 2. The van der Waals surface area contributed by atoms with Gasteiger partial charge in [-0.3, -0.25) is 0 Å². The fourth-order valence-electron chi connectivity index (χ4n) is 2.61. The number of unbranched alkanes of at least 4 members (excludes halogenated alkanes) is 4. The van der Waals surface area contributed by atoms with Gasteiger partial charge < -0.3 is 14.2 Å². The first-order chi connectivity index (χ1) is 13.1. The highest BCUT2D eigenvalue weighted by Crippen LogP contribution is 2.23. The molecule has 144 valence electrons. The Kier molecular flexibility index (Phi) is 8.36. The van der Waals surface area contributed by atoms with Crippen molar-refractivity contribution >= 4 is 12.1 Å². The summed E-state index contributed by atoms with van der Waals surface area (Å²) in [7, 11) is 1.26. The second-order valence-corrected chi connectivity index (χ2v) is 6.21. The summed E-state index contributed by atoms with van der Waals surface area (Å²) < 4.78 is 14.7. The predicted octanol–water partition coefficient (Wildman–Crippen LogP) is 5.63. The molecule has 2 aromatic carbocycles. The topological polar surface area (TPSA) is 61.8 Å². The lowest BCUT2D eigenvalue weighted by Crippen LogP contribution is -2.07. The molecule has 0 heterocycles. The molecule has 0 aliphatic rings. The maximum absolute atomic E-state index is 12.1. The van der Waals surface area contributed by atoms with Crippen molar-refractivity contribution in [2.24, 2.45) is 0 Å². The minimum absolute atomic E-state index is 0.293. The molecule has 0 amide bonds. The lowest BCUT2D eigenvalue weighted by atomic mass is 10.0. The molecule has 0 bridgehead atoms. The van der Waals surface area contributed by atoms with Gasteiger partial charge in [-0.25, -0.2) is 9.59 Å². The van der Waals surface area contributed by atoms with Gasteiger partial charge in [-0.1, -0.05) is 56.9 Å². The van der Waals surface area contributed by atoms with Gasteiger partial charge in [0.05, 0.1) is 19.3 Å². The summed E-state index contributed by atoms with van der Waals surface area (Å²) in [6, 6.07) is 14.3. The van der Waals surface area contributed by atoms with Crippen LogP contribution >= 0.6 is 0 Å². The largest absolute Gasteiger partial charge is 0.513 e. The Morgan fingerprint density at radius 3 is 2.00 bits per heavy atom. The first-order valence-electron chi connectivity index (χ1n) is 9.27. The molecule has 0 aromatic heterocycles. The Balaban J connectivity index is 1.87. The summed E-state index contributed by atoms with van der Waals surface area (Å²) in [5.41, 5.74) is 2.44. The van der Waals surface area contributed by atoms with Crippen LogP contribution in [0.1, 0.15) is 49.4 Å². The third-order valence-electron chi connectivity index (χ3n) is 4.16. The molecule has 0 saturated carbocycles. The van der Waals surface area contributed by atoms with Crippen molar-refractivity contribution in [2.75, 3.05) is 13.7 Å². The molecule has 5 nitrogen and oxygen atoms in total. The number of esters is 1. The Labute approximate surface area is 160 Å². The van der Waals surface area contributed by atoms with E-state index in [9.17, 15) is 9.59 Å². The van der Waals surface area contributed by atoms with Crippen molar-refractivity contribution in [3.05, 3.63) is 54.1 Å². The van der Waals surface area contributed by atoms with Gasteiger partial charge in [0.2, 0.25) is 0 Å². The fourth-order valence-corrected chi connectivity index (χ4v) is 2.61. The molecule has 0 N–H and O–H groups in total. The van der Waals surface area contributed by atoms with Gasteiger partial charge in [0.15, 0.2) is 0 Å². The standard InChI is InChI=1S/C22H26O5/c1-3-4-5-6-7-16-26-21(23)19-10-8-17(9-11-19)18-12-14-20(15-13-18)27-22(24)25-2/h8-15H,3-7,16H2,1-2H3. The summed E-state index contributed by atoms with van der Waals surface area (Å²) in [6.45, 7) is 2.64. The minimum atomic E-state index is -0.754. The number of hydrogen-bond acceptors (Lipinski definition) is 5. The molecule has 0 atom stereocenters. The first kappa shape index (κ1) is 20.5. The van der Waals surface area contributed by atoms with E-state index in [1.54, 1.807) is 24.3 Å². The summed E-state index contributed by atoms with van der Waals surface area (Å²) in [4.78, 5) is 23.2. The van der Waals surface area contributed by atoms with Crippen molar-refractivity contribution in [1.82, 2.24) is 0 Å². The van der Waals surface area contributed by atoms with Crippen LogP contribution in [0.2, 0.25) is 0 Å². The quantitative estimate of drug-likeness (QED) is 0.325. The van der Waals surface area contributed by atoms with Crippen LogP contribution in [-0.2, 0) is 9.47 Å². The van der Waals surface area contributed by atoms with Gasteiger partial charge in [-0.2, -0.15) is 0 Å². The third-order valence-corrected chi connectivity index (χ3v) is 4.16. The van der Waals surface area contributed by atoms with Crippen molar-refractivity contribution < 1.29 is 23.8 Å². The zero-order valence-electron chi connectivity index (χ0n) is 15.9. The van der Waals surface area contributed by atoms with Crippen LogP contribution in [-0.4, -0.2) is 25.8 Å². The molecule has 0 fully saturated rings. The van der Waals surface area contributed by atoms with E-state index in [0.717, 1.165) is 24.0 Å². The number of rotatable bonds is 9. The second kappa shape index (κ2) is 11.0. The first-order valence-corrected chi connectivity index (χ1v) is 9.27. The molecule has 5 heteroatoms. The van der Waals surface area contributed by atoms with Crippen LogP contribution in [0.4, 0.5) is 4.79 Å². The number of carbonyl (C=O) groups excluding carboxylic acids is 2. The minimum Gasteiger partial charge on any atom is -0.462 e. The number of carbonyl (C=O) groups is 2. The molecule has 0 spiro atoms. The van der Waals surface area contributed by atoms with Crippen LogP contribution in [0.15, 0.2) is 48.5 Å². The molecular formula is C22H26O5. The lowest BCUT2D eigenvalue weighted by molar-refractivity contribution is 0.0497. The zero-order valence-corrected chi connectivity index (χ0v) is 15.9. The van der Waals surface area contributed by atoms with Crippen LogP contribution in [0.25, 0.3) is 11.1 Å². The highest BCUT2D eigenvalue weighted by molar-refractivity contribution is 5.90. The zero-order chi connectivity index (χ0) is 19.5. The Morgan fingerprint density at radius 2 is 1.41 bits per heavy atom. The highest BCUT2D eigenvalue weighted by atomic mass is 16.7. The van der Waals surface area contributed by atoms with Crippen LogP contribution in [0.3, 0.4) is 0 Å². The molecule has 27 heavy (non-hydrogen) atoms. The van der Waals surface area contributed by atoms with Crippen LogP contribution in [0, 0.1) is 0 Å². The van der Waals surface area contributed by atoms with Crippen molar-refractivity contribution in [1.29, 1.82) is 0 Å². The van der Waals surface area contributed by atoms with E-state index < -0.39 is 6.16 Å². The molecular weight excluding hydrogens is 344 g/mol. The van der Waals surface area contributed by atoms with E-state index >= 15 is 0 Å². The van der Waals surface area contributed by atoms with Gasteiger partial charge in [-0.05, 0) is 41.8 Å². The van der Waals surface area contributed by atoms with Gasteiger partial charge in [0.25, 0.3) is 0 Å². The molecule has 0 aliphatic heterocycles. The molecule has 0 radical (unpaired) electrons. The van der Waals surface area contributed by atoms with Crippen LogP contribution < -0.4 is 4.74 Å². The van der Waals surface area contributed by atoms with Crippen LogP contribution in [0.5, 0.6) is 5.75 Å². The Morgan fingerprint density at radius 1 is 0.815 bits per heavy atom. The maximum Gasteiger partial charge on any atom is 0.513 e. The van der Waals surface area contributed by atoms with Gasteiger partial charge in [-0.15, -0.1) is 0 Å². The average Bonchev–Trinajstić information content (AvgIpc) is 2.71. The van der Waals surface area contributed by atoms with Gasteiger partial charge in [0.1, 0.15) is 5.75 Å². The number of methoxy groups -OCH3 is 1. The second-order valence-electron chi connectivity index (χ2n) is 6.21. The Bertz CT molecular complexity index is 719. The van der Waals surface area contributed by atoms with Gasteiger partial charge in [0, 0.05) is 0 Å². The molecule has 2 rings (SSSR count). The number of ether oxygens (including phenoxy) is 3. The maximum atomic E-state index is 12.1. The number of hydrogen-bond donors (Lipinski definition) is 0. The highest BCUT2D eigenvalue weighted by Gasteiger charge is 2.08. The van der Waals surface area contributed by atoms with Crippen molar-refractivity contribution in [3.63, 3.8) is 0 Å². The summed E-state index contributed by atoms with van der Waals surface area (Å²) in [6.07, 6.45) is 4.86. The van der Waals surface area contributed by atoms with E-state index in [4.69, 9.17) is 9.47 Å². The SMILES string of the molecule is CCCCCCCOC(=O)c1ccc(-c2ccc(OC(=O)OC)cc2)cc1. The smallest absolute Gasteiger partial charge is 0.462 e.